The number of hydrogen-bond acceptors (Lipinski definition) is 3. The molecule has 0 aliphatic carbocycles. The predicted molar refractivity (Wildman–Crippen MR) is 99.6 cm³/mol. The number of benzene rings is 2. The Hall–Kier alpha value is -3.29. The van der Waals surface area contributed by atoms with Crippen molar-refractivity contribution in [3.63, 3.8) is 0 Å². The van der Waals surface area contributed by atoms with Crippen LogP contribution in [-0.4, -0.2) is 43.3 Å². The normalized spacial score (nSPS) is 10.3. The topological polar surface area (TPSA) is 78.5 Å². The third-order valence-electron chi connectivity index (χ3n) is 3.91. The van der Waals surface area contributed by atoms with Crippen LogP contribution in [0.15, 0.2) is 42.5 Å². The molecule has 0 aromatic heterocycles. The summed E-state index contributed by atoms with van der Waals surface area (Å²) >= 11 is 0. The second-order valence-electron chi connectivity index (χ2n) is 6.30. The maximum Gasteiger partial charge on any atom is 0.254 e. The van der Waals surface area contributed by atoms with Crippen molar-refractivity contribution in [2.45, 2.75) is 13.0 Å². The van der Waals surface area contributed by atoms with E-state index in [1.54, 1.807) is 38.4 Å². The van der Waals surface area contributed by atoms with Crippen LogP contribution in [-0.2, 0) is 11.3 Å². The highest BCUT2D eigenvalue weighted by molar-refractivity contribution is 5.95. The first kappa shape index (κ1) is 21.0. The highest BCUT2D eigenvalue weighted by atomic mass is 19.1. The summed E-state index contributed by atoms with van der Waals surface area (Å²) in [7, 11) is 3.33. The second kappa shape index (κ2) is 9.59. The molecular formula is C20H21F2N3O3. The Kier molecular flexibility index (Phi) is 7.20. The van der Waals surface area contributed by atoms with Crippen LogP contribution in [0.3, 0.4) is 0 Å². The summed E-state index contributed by atoms with van der Waals surface area (Å²) in [6.45, 7) is 0.285. The van der Waals surface area contributed by atoms with E-state index in [2.05, 4.69) is 10.6 Å². The maximum absolute atomic E-state index is 13.5. The van der Waals surface area contributed by atoms with Gasteiger partial charge in [0.2, 0.25) is 5.91 Å². The molecule has 2 rings (SSSR count). The molecule has 0 fully saturated rings. The molecule has 3 amide bonds. The molecule has 2 aromatic carbocycles. The van der Waals surface area contributed by atoms with Gasteiger partial charge in [-0.15, -0.1) is 0 Å². The fourth-order valence-corrected chi connectivity index (χ4v) is 2.37. The molecular weight excluding hydrogens is 368 g/mol. The van der Waals surface area contributed by atoms with E-state index in [0.29, 0.717) is 11.6 Å². The Bertz CT molecular complexity index is 867. The molecule has 0 aliphatic heterocycles. The first-order valence-corrected chi connectivity index (χ1v) is 8.58. The quantitative estimate of drug-likeness (QED) is 0.761. The number of amides is 3. The molecule has 0 radical (unpaired) electrons. The van der Waals surface area contributed by atoms with Gasteiger partial charge in [0, 0.05) is 45.2 Å². The minimum atomic E-state index is -0.960. The third kappa shape index (κ3) is 5.87. The van der Waals surface area contributed by atoms with Crippen LogP contribution in [0, 0.1) is 11.6 Å². The molecule has 8 heteroatoms. The van der Waals surface area contributed by atoms with E-state index in [1.807, 2.05) is 0 Å². The van der Waals surface area contributed by atoms with Gasteiger partial charge in [-0.2, -0.15) is 0 Å². The van der Waals surface area contributed by atoms with Crippen molar-refractivity contribution in [2.24, 2.45) is 0 Å². The van der Waals surface area contributed by atoms with E-state index in [0.717, 1.165) is 17.7 Å². The number of rotatable bonds is 7. The average Bonchev–Trinajstić information content (AvgIpc) is 2.66. The monoisotopic (exact) mass is 389 g/mol. The van der Waals surface area contributed by atoms with Crippen LogP contribution < -0.4 is 10.6 Å². The molecule has 0 saturated carbocycles. The van der Waals surface area contributed by atoms with Gasteiger partial charge in [0.15, 0.2) is 0 Å². The van der Waals surface area contributed by atoms with E-state index in [4.69, 9.17) is 0 Å². The molecule has 2 aromatic rings. The third-order valence-corrected chi connectivity index (χ3v) is 3.91. The summed E-state index contributed by atoms with van der Waals surface area (Å²) < 4.78 is 26.4. The fraction of sp³-hybridized carbons (Fsp3) is 0.250. The number of nitrogens with one attached hydrogen (secondary N) is 2. The summed E-state index contributed by atoms with van der Waals surface area (Å²) in [6, 6.07) is 9.51. The average molecular weight is 389 g/mol. The van der Waals surface area contributed by atoms with Crippen molar-refractivity contribution in [1.29, 1.82) is 0 Å². The first-order chi connectivity index (χ1) is 13.3. The number of nitrogens with zero attached hydrogens (tertiary/aromatic N) is 1. The number of halogens is 2. The van der Waals surface area contributed by atoms with E-state index < -0.39 is 17.5 Å². The first-order valence-electron chi connectivity index (χ1n) is 8.58. The summed E-state index contributed by atoms with van der Waals surface area (Å²) in [6.07, 6.45) is 0.00571. The number of hydrogen-bond donors (Lipinski definition) is 2. The van der Waals surface area contributed by atoms with Crippen LogP contribution in [0.5, 0.6) is 0 Å². The molecule has 28 heavy (non-hydrogen) atoms. The predicted octanol–water partition coefficient (Wildman–Crippen LogP) is 2.10. The molecule has 0 unspecified atom stereocenters. The molecule has 6 nitrogen and oxygen atoms in total. The Balaban J connectivity index is 1.75. The zero-order chi connectivity index (χ0) is 20.7. The Morgan fingerprint density at radius 1 is 0.964 bits per heavy atom. The van der Waals surface area contributed by atoms with E-state index >= 15 is 0 Å². The summed E-state index contributed by atoms with van der Waals surface area (Å²) in [4.78, 5) is 37.0. The molecule has 0 saturated heterocycles. The smallest absolute Gasteiger partial charge is 0.254 e. The van der Waals surface area contributed by atoms with Crippen LogP contribution in [0.2, 0.25) is 0 Å². The lowest BCUT2D eigenvalue weighted by molar-refractivity contribution is -0.121. The lowest BCUT2D eigenvalue weighted by Crippen LogP contribution is -2.31. The second-order valence-corrected chi connectivity index (χ2v) is 6.30. The highest BCUT2D eigenvalue weighted by Crippen LogP contribution is 2.09. The SMILES string of the molecule is CN(C)C(=O)c1ccc(CNC(=O)CCNC(=O)c2ccc(F)cc2F)cc1. The van der Waals surface area contributed by atoms with Crippen LogP contribution in [0.1, 0.15) is 32.7 Å². The molecule has 0 bridgehead atoms. The molecule has 0 spiro atoms. The van der Waals surface area contributed by atoms with Crippen molar-refractivity contribution >= 4 is 17.7 Å². The Labute approximate surface area is 161 Å². The van der Waals surface area contributed by atoms with Gasteiger partial charge in [-0.1, -0.05) is 12.1 Å². The standard InChI is InChI=1S/C20H21F2N3O3/c1-25(2)20(28)14-5-3-13(4-6-14)12-24-18(26)9-10-23-19(27)16-8-7-15(21)11-17(16)22/h3-8,11H,9-10,12H2,1-2H3,(H,23,27)(H,24,26). The van der Waals surface area contributed by atoms with E-state index in [1.165, 1.54) is 4.90 Å². The van der Waals surface area contributed by atoms with Gasteiger partial charge in [-0.05, 0) is 29.8 Å². The van der Waals surface area contributed by atoms with E-state index in [-0.39, 0.29) is 36.9 Å². The zero-order valence-electron chi connectivity index (χ0n) is 15.6. The maximum atomic E-state index is 13.5. The summed E-state index contributed by atoms with van der Waals surface area (Å²) in [5, 5.41) is 5.11. The summed E-state index contributed by atoms with van der Waals surface area (Å²) in [5.41, 5.74) is 1.09. The number of carbonyl (C=O) groups excluding carboxylic acids is 3. The van der Waals surface area contributed by atoms with Gasteiger partial charge < -0.3 is 15.5 Å². The fourth-order valence-electron chi connectivity index (χ4n) is 2.37. The van der Waals surface area contributed by atoms with Crippen molar-refractivity contribution in [3.05, 3.63) is 70.8 Å². The van der Waals surface area contributed by atoms with E-state index in [9.17, 15) is 23.2 Å². The minimum absolute atomic E-state index is 0.00571. The molecule has 0 atom stereocenters. The van der Waals surface area contributed by atoms with Crippen molar-refractivity contribution in [2.75, 3.05) is 20.6 Å². The summed E-state index contributed by atoms with van der Waals surface area (Å²) in [5.74, 6) is -2.85. The van der Waals surface area contributed by atoms with Crippen molar-refractivity contribution < 1.29 is 23.2 Å². The van der Waals surface area contributed by atoms with Crippen LogP contribution in [0.4, 0.5) is 8.78 Å². The number of carbonyl (C=O) groups is 3. The van der Waals surface area contributed by atoms with Crippen molar-refractivity contribution in [3.8, 4) is 0 Å². The van der Waals surface area contributed by atoms with Gasteiger partial charge in [0.25, 0.3) is 11.8 Å². The Morgan fingerprint density at radius 3 is 2.25 bits per heavy atom. The van der Waals surface area contributed by atoms with Gasteiger partial charge >= 0.3 is 0 Å². The minimum Gasteiger partial charge on any atom is -0.352 e. The van der Waals surface area contributed by atoms with Crippen molar-refractivity contribution in [1.82, 2.24) is 15.5 Å². The molecule has 148 valence electrons. The molecule has 0 aliphatic rings. The Morgan fingerprint density at radius 2 is 1.64 bits per heavy atom. The van der Waals surface area contributed by atoms with Gasteiger partial charge in [0.05, 0.1) is 5.56 Å². The van der Waals surface area contributed by atoms with Crippen LogP contribution in [0.25, 0.3) is 0 Å². The van der Waals surface area contributed by atoms with Crippen LogP contribution >= 0.6 is 0 Å². The van der Waals surface area contributed by atoms with Gasteiger partial charge in [0.1, 0.15) is 11.6 Å². The lowest BCUT2D eigenvalue weighted by atomic mass is 10.1. The van der Waals surface area contributed by atoms with Gasteiger partial charge in [-0.25, -0.2) is 8.78 Å². The molecule has 0 heterocycles. The van der Waals surface area contributed by atoms with Gasteiger partial charge in [-0.3, -0.25) is 14.4 Å². The largest absolute Gasteiger partial charge is 0.352 e. The molecule has 2 N–H and O–H groups in total. The lowest BCUT2D eigenvalue weighted by Gasteiger charge is -2.11. The highest BCUT2D eigenvalue weighted by Gasteiger charge is 2.12. The zero-order valence-corrected chi connectivity index (χ0v) is 15.6.